The molecule has 0 unspecified atom stereocenters. The van der Waals surface area contributed by atoms with E-state index in [0.717, 1.165) is 36.5 Å². The van der Waals surface area contributed by atoms with E-state index in [4.69, 9.17) is 5.73 Å². The Kier molecular flexibility index (Phi) is 4.21. The van der Waals surface area contributed by atoms with E-state index in [1.165, 1.54) is 6.42 Å². The summed E-state index contributed by atoms with van der Waals surface area (Å²) in [7, 11) is -3.52. The van der Waals surface area contributed by atoms with Gasteiger partial charge >= 0.3 is 0 Å². The molecule has 3 N–H and O–H groups in total. The topological polar surface area (TPSA) is 72.2 Å². The van der Waals surface area contributed by atoms with Crippen LogP contribution in [0, 0.1) is 0 Å². The van der Waals surface area contributed by atoms with Gasteiger partial charge in [-0.25, -0.2) is 13.1 Å². The Morgan fingerprint density at radius 1 is 1.00 bits per heavy atom. The van der Waals surface area contributed by atoms with E-state index in [9.17, 15) is 8.42 Å². The summed E-state index contributed by atoms with van der Waals surface area (Å²) in [6, 6.07) is 12.9. The fourth-order valence-corrected chi connectivity index (χ4v) is 4.26. The summed E-state index contributed by atoms with van der Waals surface area (Å²) in [5, 5.41) is 1.95. The van der Waals surface area contributed by atoms with E-state index in [-0.39, 0.29) is 0 Å². The molecule has 0 saturated heterocycles. The Balaban J connectivity index is 1.79. The summed E-state index contributed by atoms with van der Waals surface area (Å²) < 4.78 is 27.7. The zero-order valence-electron chi connectivity index (χ0n) is 12.6. The monoisotopic (exact) mass is 318 g/mol. The Bertz CT molecular complexity index is 765. The molecule has 5 heteroatoms. The van der Waals surface area contributed by atoms with Crippen LogP contribution in [0.3, 0.4) is 0 Å². The average molecular weight is 318 g/mol. The molecule has 0 spiro atoms. The van der Waals surface area contributed by atoms with Crippen LogP contribution in [-0.2, 0) is 10.0 Å². The van der Waals surface area contributed by atoms with Crippen molar-refractivity contribution in [2.45, 2.75) is 42.5 Å². The molecule has 2 aromatic carbocycles. The quantitative estimate of drug-likeness (QED) is 0.910. The molecule has 1 aliphatic carbocycles. The highest BCUT2D eigenvalue weighted by Crippen LogP contribution is 2.26. The second-order valence-electron chi connectivity index (χ2n) is 6.26. The highest BCUT2D eigenvalue weighted by Gasteiger charge is 2.29. The van der Waals surface area contributed by atoms with Gasteiger partial charge < -0.3 is 5.73 Å². The van der Waals surface area contributed by atoms with E-state index in [1.807, 2.05) is 30.3 Å². The second kappa shape index (κ2) is 5.99. The number of fused-ring (bicyclic) bond motifs is 1. The van der Waals surface area contributed by atoms with Gasteiger partial charge in [-0.15, -0.1) is 0 Å². The van der Waals surface area contributed by atoms with Crippen molar-refractivity contribution in [3.05, 3.63) is 42.5 Å². The number of hydrogen-bond acceptors (Lipinski definition) is 3. The minimum Gasteiger partial charge on any atom is -0.324 e. The largest absolute Gasteiger partial charge is 0.324 e. The third-order valence-corrected chi connectivity index (χ3v) is 5.89. The molecular formula is C17H22N2O2S. The SMILES string of the molecule is NC1(CNS(=O)(=O)c2ccc3ccccc3c2)CCCCC1. The van der Waals surface area contributed by atoms with Crippen molar-refractivity contribution in [3.8, 4) is 0 Å². The first kappa shape index (κ1) is 15.5. The molecule has 1 fully saturated rings. The molecule has 0 radical (unpaired) electrons. The van der Waals surface area contributed by atoms with Gasteiger partial charge in [0.2, 0.25) is 10.0 Å². The number of benzene rings is 2. The highest BCUT2D eigenvalue weighted by atomic mass is 32.2. The molecule has 0 aromatic heterocycles. The van der Waals surface area contributed by atoms with Gasteiger partial charge in [0.25, 0.3) is 0 Å². The van der Waals surface area contributed by atoms with Crippen LogP contribution in [0.15, 0.2) is 47.4 Å². The van der Waals surface area contributed by atoms with Crippen molar-refractivity contribution in [1.82, 2.24) is 4.72 Å². The Morgan fingerprint density at radius 2 is 1.68 bits per heavy atom. The van der Waals surface area contributed by atoms with Gasteiger partial charge in [0.15, 0.2) is 0 Å². The maximum Gasteiger partial charge on any atom is 0.240 e. The van der Waals surface area contributed by atoms with E-state index in [2.05, 4.69) is 4.72 Å². The summed E-state index contributed by atoms with van der Waals surface area (Å²) in [6.07, 6.45) is 5.11. The summed E-state index contributed by atoms with van der Waals surface area (Å²) in [4.78, 5) is 0.297. The van der Waals surface area contributed by atoms with Crippen molar-refractivity contribution in [1.29, 1.82) is 0 Å². The molecule has 1 aliphatic rings. The van der Waals surface area contributed by atoms with Gasteiger partial charge in [-0.1, -0.05) is 49.6 Å². The molecule has 118 valence electrons. The van der Waals surface area contributed by atoms with Gasteiger partial charge in [0, 0.05) is 12.1 Å². The fourth-order valence-electron chi connectivity index (χ4n) is 3.09. The first-order valence-electron chi connectivity index (χ1n) is 7.76. The highest BCUT2D eigenvalue weighted by molar-refractivity contribution is 7.89. The molecule has 22 heavy (non-hydrogen) atoms. The zero-order valence-corrected chi connectivity index (χ0v) is 13.4. The molecule has 0 amide bonds. The number of nitrogens with one attached hydrogen (secondary N) is 1. The number of nitrogens with two attached hydrogens (primary N) is 1. The van der Waals surface area contributed by atoms with Crippen molar-refractivity contribution in [2.75, 3.05) is 6.54 Å². The van der Waals surface area contributed by atoms with Crippen LogP contribution in [0.2, 0.25) is 0 Å². The third kappa shape index (κ3) is 3.32. The lowest BCUT2D eigenvalue weighted by Crippen LogP contribution is -2.51. The molecule has 0 bridgehead atoms. The molecule has 3 rings (SSSR count). The molecule has 0 aliphatic heterocycles. The molecule has 4 nitrogen and oxygen atoms in total. The Labute approximate surface area is 131 Å². The van der Waals surface area contributed by atoms with Crippen LogP contribution >= 0.6 is 0 Å². The summed E-state index contributed by atoms with van der Waals surface area (Å²) in [5.41, 5.74) is 5.91. The van der Waals surface area contributed by atoms with Crippen LogP contribution in [0.1, 0.15) is 32.1 Å². The maximum atomic E-state index is 12.5. The number of sulfonamides is 1. The molecule has 0 heterocycles. The summed E-state index contributed by atoms with van der Waals surface area (Å²) in [6.45, 7) is 0.308. The van der Waals surface area contributed by atoms with E-state index >= 15 is 0 Å². The number of hydrogen-bond donors (Lipinski definition) is 2. The second-order valence-corrected chi connectivity index (χ2v) is 8.02. The first-order valence-corrected chi connectivity index (χ1v) is 9.24. The lowest BCUT2D eigenvalue weighted by molar-refractivity contribution is 0.296. The standard InChI is InChI=1S/C17H22N2O2S/c18-17(10-4-1-5-11-17)13-19-22(20,21)16-9-8-14-6-2-3-7-15(14)12-16/h2-3,6-9,12,19H,1,4-5,10-11,13,18H2. The van der Waals surface area contributed by atoms with Gasteiger partial charge in [0.1, 0.15) is 0 Å². The van der Waals surface area contributed by atoms with Gasteiger partial charge in [0.05, 0.1) is 4.90 Å². The van der Waals surface area contributed by atoms with Gasteiger partial charge in [-0.3, -0.25) is 0 Å². The Morgan fingerprint density at radius 3 is 2.41 bits per heavy atom. The fraction of sp³-hybridized carbons (Fsp3) is 0.412. The molecule has 2 aromatic rings. The Hall–Kier alpha value is -1.43. The van der Waals surface area contributed by atoms with Crippen LogP contribution in [0.4, 0.5) is 0 Å². The summed E-state index contributed by atoms with van der Waals surface area (Å²) in [5.74, 6) is 0. The van der Waals surface area contributed by atoms with Crippen LogP contribution < -0.4 is 10.5 Å². The number of rotatable bonds is 4. The summed E-state index contributed by atoms with van der Waals surface area (Å²) >= 11 is 0. The van der Waals surface area contributed by atoms with E-state index < -0.39 is 15.6 Å². The minimum atomic E-state index is -3.52. The van der Waals surface area contributed by atoms with Gasteiger partial charge in [-0.2, -0.15) is 0 Å². The van der Waals surface area contributed by atoms with Crippen LogP contribution in [0.25, 0.3) is 10.8 Å². The zero-order chi connectivity index (χ0) is 15.6. The maximum absolute atomic E-state index is 12.5. The smallest absolute Gasteiger partial charge is 0.240 e. The van der Waals surface area contributed by atoms with E-state index in [0.29, 0.717) is 11.4 Å². The normalized spacial score (nSPS) is 18.4. The first-order chi connectivity index (χ1) is 10.5. The van der Waals surface area contributed by atoms with Crippen molar-refractivity contribution in [3.63, 3.8) is 0 Å². The minimum absolute atomic E-state index is 0.297. The predicted molar refractivity (Wildman–Crippen MR) is 89.1 cm³/mol. The molecule has 1 saturated carbocycles. The average Bonchev–Trinajstić information content (AvgIpc) is 2.53. The van der Waals surface area contributed by atoms with E-state index in [1.54, 1.807) is 12.1 Å². The third-order valence-electron chi connectivity index (χ3n) is 4.49. The molecular weight excluding hydrogens is 296 g/mol. The van der Waals surface area contributed by atoms with Gasteiger partial charge in [-0.05, 0) is 35.7 Å². The predicted octanol–water partition coefficient (Wildman–Crippen LogP) is 2.78. The van der Waals surface area contributed by atoms with Crippen LogP contribution in [0.5, 0.6) is 0 Å². The lowest BCUT2D eigenvalue weighted by atomic mass is 9.83. The lowest BCUT2D eigenvalue weighted by Gasteiger charge is -2.33. The van der Waals surface area contributed by atoms with Crippen molar-refractivity contribution >= 4 is 20.8 Å². The van der Waals surface area contributed by atoms with Crippen molar-refractivity contribution in [2.24, 2.45) is 5.73 Å². The van der Waals surface area contributed by atoms with Crippen molar-refractivity contribution < 1.29 is 8.42 Å². The van der Waals surface area contributed by atoms with Crippen LogP contribution in [-0.4, -0.2) is 20.5 Å². The molecule has 0 atom stereocenters.